The summed E-state index contributed by atoms with van der Waals surface area (Å²) in [6.07, 6.45) is 0.565. The fraction of sp³-hybridized carbons (Fsp3) is 0.111. The van der Waals surface area contributed by atoms with E-state index in [9.17, 15) is 9.59 Å². The second-order valence-corrected chi connectivity index (χ2v) is 9.82. The van der Waals surface area contributed by atoms with Gasteiger partial charge in [0, 0.05) is 35.1 Å². The molecule has 220 valence electrons. The summed E-state index contributed by atoms with van der Waals surface area (Å²) in [6, 6.07) is 38.9. The van der Waals surface area contributed by atoms with Gasteiger partial charge in [0.1, 0.15) is 11.4 Å². The molecule has 4 aromatic carbocycles. The van der Waals surface area contributed by atoms with Crippen LogP contribution >= 0.6 is 0 Å². The minimum atomic E-state index is -0.860. The van der Waals surface area contributed by atoms with Gasteiger partial charge in [0.25, 0.3) is 0 Å². The van der Waals surface area contributed by atoms with Crippen LogP contribution in [-0.2, 0) is 22.4 Å². The molecule has 8 heteroatoms. The van der Waals surface area contributed by atoms with E-state index in [4.69, 9.17) is 19.0 Å². The third-order valence-electron chi connectivity index (χ3n) is 6.61. The number of aromatic nitrogens is 2. The Morgan fingerprint density at radius 1 is 0.477 bits per heavy atom. The van der Waals surface area contributed by atoms with Crippen molar-refractivity contribution in [2.45, 2.75) is 25.7 Å². The smallest absolute Gasteiger partial charge is 0.303 e. The molecule has 8 nitrogen and oxygen atoms in total. The molecule has 2 N–H and O–H groups in total. The number of oxazole rings is 2. The third-order valence-corrected chi connectivity index (χ3v) is 6.61. The first kappa shape index (κ1) is 29.7. The molecule has 6 aromatic rings. The molecule has 44 heavy (non-hydrogen) atoms. The Kier molecular flexibility index (Phi) is 9.74. The van der Waals surface area contributed by atoms with Crippen molar-refractivity contribution in [2.24, 2.45) is 0 Å². The Balaban J connectivity index is 0.000000175. The van der Waals surface area contributed by atoms with Crippen LogP contribution in [0, 0.1) is 0 Å². The Hall–Kier alpha value is -5.76. The lowest BCUT2D eigenvalue weighted by molar-refractivity contribution is -0.138. The second kappa shape index (κ2) is 14.4. The van der Waals surface area contributed by atoms with E-state index in [1.54, 1.807) is 0 Å². The SMILES string of the molecule is O=C(O)CCc1nc(-c2ccccc2)c(-c2ccccc2)o1.O=C(O)CCc1nc(-c2ccccc2)c(-c2ccccc2)o1. The van der Waals surface area contributed by atoms with E-state index in [0.717, 1.165) is 33.6 Å². The van der Waals surface area contributed by atoms with Crippen LogP contribution in [0.4, 0.5) is 0 Å². The third kappa shape index (κ3) is 7.74. The second-order valence-electron chi connectivity index (χ2n) is 9.82. The number of hydrogen-bond acceptors (Lipinski definition) is 6. The number of rotatable bonds is 10. The normalized spacial score (nSPS) is 10.5. The van der Waals surface area contributed by atoms with E-state index >= 15 is 0 Å². The summed E-state index contributed by atoms with van der Waals surface area (Å²) in [6.45, 7) is 0. The number of carbonyl (C=O) groups is 2. The topological polar surface area (TPSA) is 127 Å². The molecule has 0 unspecified atom stereocenters. The Morgan fingerprint density at radius 2 is 0.773 bits per heavy atom. The van der Waals surface area contributed by atoms with E-state index in [1.165, 1.54) is 0 Å². The molecule has 2 aromatic heterocycles. The van der Waals surface area contributed by atoms with Gasteiger partial charge in [0.05, 0.1) is 12.8 Å². The summed E-state index contributed by atoms with van der Waals surface area (Å²) in [5.74, 6) is 0.515. The maximum Gasteiger partial charge on any atom is 0.303 e. The first-order chi connectivity index (χ1) is 21.5. The van der Waals surface area contributed by atoms with E-state index in [2.05, 4.69) is 9.97 Å². The van der Waals surface area contributed by atoms with Gasteiger partial charge in [0.2, 0.25) is 0 Å². The molecule has 0 aliphatic rings. The van der Waals surface area contributed by atoms with Crippen LogP contribution in [0.3, 0.4) is 0 Å². The lowest BCUT2D eigenvalue weighted by atomic mass is 10.1. The highest BCUT2D eigenvalue weighted by atomic mass is 16.4. The molecule has 0 radical (unpaired) electrons. The van der Waals surface area contributed by atoms with E-state index in [0.29, 0.717) is 23.3 Å². The molecular weight excluding hydrogens is 556 g/mol. The van der Waals surface area contributed by atoms with Gasteiger partial charge in [-0.3, -0.25) is 9.59 Å². The molecule has 0 amide bonds. The van der Waals surface area contributed by atoms with Crippen molar-refractivity contribution in [2.75, 3.05) is 0 Å². The molecule has 0 saturated heterocycles. The van der Waals surface area contributed by atoms with Gasteiger partial charge < -0.3 is 19.0 Å². The van der Waals surface area contributed by atoms with Crippen molar-refractivity contribution in [3.8, 4) is 45.2 Å². The lowest BCUT2D eigenvalue weighted by Gasteiger charge is -2.00. The maximum absolute atomic E-state index is 10.7. The summed E-state index contributed by atoms with van der Waals surface area (Å²) in [5.41, 5.74) is 5.24. The quantitative estimate of drug-likeness (QED) is 0.165. The monoisotopic (exact) mass is 586 g/mol. The zero-order chi connectivity index (χ0) is 30.7. The average molecular weight is 587 g/mol. The number of benzene rings is 4. The van der Waals surface area contributed by atoms with E-state index < -0.39 is 11.9 Å². The highest BCUT2D eigenvalue weighted by molar-refractivity contribution is 5.78. The predicted molar refractivity (Wildman–Crippen MR) is 167 cm³/mol. The summed E-state index contributed by atoms with van der Waals surface area (Å²) in [7, 11) is 0. The first-order valence-corrected chi connectivity index (χ1v) is 14.1. The number of carboxylic acids is 2. The van der Waals surface area contributed by atoms with Crippen molar-refractivity contribution in [3.05, 3.63) is 133 Å². The Bertz CT molecular complexity index is 1550. The van der Waals surface area contributed by atoms with E-state index in [1.807, 2.05) is 121 Å². The lowest BCUT2D eigenvalue weighted by Crippen LogP contribution is -1.97. The van der Waals surface area contributed by atoms with Crippen LogP contribution in [-0.4, -0.2) is 32.1 Å². The van der Waals surface area contributed by atoms with Gasteiger partial charge in [0.15, 0.2) is 23.3 Å². The first-order valence-electron chi connectivity index (χ1n) is 14.1. The van der Waals surface area contributed by atoms with Crippen LogP contribution < -0.4 is 0 Å². The molecule has 2 heterocycles. The van der Waals surface area contributed by atoms with Gasteiger partial charge >= 0.3 is 11.9 Å². The largest absolute Gasteiger partial charge is 0.481 e. The Labute approximate surface area is 254 Å². The highest BCUT2D eigenvalue weighted by Gasteiger charge is 2.18. The zero-order valence-corrected chi connectivity index (χ0v) is 23.8. The van der Waals surface area contributed by atoms with Crippen LogP contribution in [0.15, 0.2) is 130 Å². The summed E-state index contributed by atoms with van der Waals surface area (Å²) >= 11 is 0. The average Bonchev–Trinajstić information content (AvgIpc) is 3.70. The predicted octanol–water partition coefficient (Wildman–Crippen LogP) is 8.05. The number of hydrogen-bond donors (Lipinski definition) is 2. The molecule has 0 aliphatic heterocycles. The fourth-order valence-electron chi connectivity index (χ4n) is 4.52. The minimum Gasteiger partial charge on any atom is -0.481 e. The van der Waals surface area contributed by atoms with Crippen LogP contribution in [0.5, 0.6) is 0 Å². The van der Waals surface area contributed by atoms with E-state index in [-0.39, 0.29) is 25.7 Å². The molecule has 6 rings (SSSR count). The van der Waals surface area contributed by atoms with Crippen LogP contribution in [0.25, 0.3) is 45.2 Å². The molecule has 0 bridgehead atoms. The molecule has 0 aliphatic carbocycles. The van der Waals surface area contributed by atoms with Gasteiger partial charge in [-0.15, -0.1) is 0 Å². The molecule has 0 spiro atoms. The van der Waals surface area contributed by atoms with Gasteiger partial charge in [-0.25, -0.2) is 9.97 Å². The maximum atomic E-state index is 10.7. The zero-order valence-electron chi connectivity index (χ0n) is 23.8. The van der Waals surface area contributed by atoms with Gasteiger partial charge in [-0.05, 0) is 0 Å². The number of aliphatic carboxylic acids is 2. The van der Waals surface area contributed by atoms with Crippen LogP contribution in [0.2, 0.25) is 0 Å². The number of carboxylic acid groups (broad SMARTS) is 2. The summed E-state index contributed by atoms with van der Waals surface area (Å²) in [5, 5.41) is 17.6. The Morgan fingerprint density at radius 3 is 1.07 bits per heavy atom. The molecule has 0 saturated carbocycles. The number of aryl methyl sites for hydroxylation is 2. The van der Waals surface area contributed by atoms with Gasteiger partial charge in [-0.1, -0.05) is 121 Å². The van der Waals surface area contributed by atoms with Gasteiger partial charge in [-0.2, -0.15) is 0 Å². The van der Waals surface area contributed by atoms with Crippen LogP contribution in [0.1, 0.15) is 24.6 Å². The molecule has 0 fully saturated rings. The van der Waals surface area contributed by atoms with Crippen molar-refractivity contribution >= 4 is 11.9 Å². The number of nitrogens with zero attached hydrogens (tertiary/aromatic N) is 2. The van der Waals surface area contributed by atoms with Crippen molar-refractivity contribution in [3.63, 3.8) is 0 Å². The minimum absolute atomic E-state index is 0.00295. The summed E-state index contributed by atoms with van der Waals surface area (Å²) < 4.78 is 11.7. The molecular formula is C36H30N2O6. The summed E-state index contributed by atoms with van der Waals surface area (Å²) in [4.78, 5) is 30.5. The van der Waals surface area contributed by atoms with Crippen molar-refractivity contribution in [1.29, 1.82) is 0 Å². The van der Waals surface area contributed by atoms with Crippen molar-refractivity contribution < 1.29 is 28.6 Å². The highest BCUT2D eigenvalue weighted by Crippen LogP contribution is 2.34. The molecule has 0 atom stereocenters. The standard InChI is InChI=1S/2C18H15NO3/c2*20-16(21)12-11-15-19-17(13-7-3-1-4-8-13)18(22-15)14-9-5-2-6-10-14/h2*1-10H,11-12H2,(H,20,21). The fourth-order valence-corrected chi connectivity index (χ4v) is 4.52. The van der Waals surface area contributed by atoms with Crippen molar-refractivity contribution in [1.82, 2.24) is 9.97 Å².